The maximum atomic E-state index is 13.1. The first-order valence-corrected chi connectivity index (χ1v) is 10.9. The molecule has 1 amide bonds. The Hall–Kier alpha value is -1.94. The summed E-state index contributed by atoms with van der Waals surface area (Å²) in [6, 6.07) is 5.69. The van der Waals surface area contributed by atoms with E-state index in [2.05, 4.69) is 15.5 Å². The van der Waals surface area contributed by atoms with Gasteiger partial charge in [0.25, 0.3) is 0 Å². The van der Waals surface area contributed by atoms with Crippen LogP contribution in [0.4, 0.5) is 10.1 Å². The molecule has 2 heterocycles. The van der Waals surface area contributed by atoms with Crippen molar-refractivity contribution in [2.45, 2.75) is 18.0 Å². The molecule has 0 spiro atoms. The third-order valence-corrected chi connectivity index (χ3v) is 7.02. The number of sulfone groups is 1. The highest BCUT2D eigenvalue weighted by atomic mass is 32.2. The van der Waals surface area contributed by atoms with E-state index in [1.165, 1.54) is 30.0 Å². The van der Waals surface area contributed by atoms with Gasteiger partial charge in [-0.15, -0.1) is 10.2 Å². The topological polar surface area (TPSA) is 93.9 Å². The van der Waals surface area contributed by atoms with Crippen molar-refractivity contribution in [2.75, 3.05) is 22.6 Å². The van der Waals surface area contributed by atoms with Crippen LogP contribution in [0.25, 0.3) is 0 Å². The second-order valence-corrected chi connectivity index (χ2v) is 9.45. The van der Waals surface area contributed by atoms with Gasteiger partial charge in [-0.1, -0.05) is 17.8 Å². The molecule has 10 heteroatoms. The van der Waals surface area contributed by atoms with Crippen molar-refractivity contribution in [3.8, 4) is 0 Å². The smallest absolute Gasteiger partial charge is 0.234 e. The highest BCUT2D eigenvalue weighted by Gasteiger charge is 2.29. The third-order valence-electron chi connectivity index (χ3n) is 4.16. The summed E-state index contributed by atoms with van der Waals surface area (Å²) in [6.07, 6.45) is 1.20. The average Bonchev–Trinajstić information content (AvgIpc) is 3.08. The van der Waals surface area contributed by atoms with Crippen molar-refractivity contribution in [3.63, 3.8) is 0 Å². The van der Waals surface area contributed by atoms with Gasteiger partial charge in [0, 0.05) is 19.2 Å². The van der Waals surface area contributed by atoms with E-state index in [0.717, 1.165) is 0 Å². The Balaban J connectivity index is 1.54. The molecule has 0 radical (unpaired) electrons. The molecule has 3 rings (SSSR count). The Morgan fingerprint density at radius 2 is 2.23 bits per heavy atom. The summed E-state index contributed by atoms with van der Waals surface area (Å²) in [5.41, 5.74) is 0.400. The van der Waals surface area contributed by atoms with E-state index in [1.807, 2.05) is 0 Å². The molecular formula is C16H19FN4O3S2. The Bertz CT molecular complexity index is 914. The second-order valence-electron chi connectivity index (χ2n) is 6.28. The summed E-state index contributed by atoms with van der Waals surface area (Å²) < 4.78 is 38.0. The Morgan fingerprint density at radius 1 is 1.42 bits per heavy atom. The number of nitrogens with zero attached hydrogens (tertiary/aromatic N) is 3. The summed E-state index contributed by atoms with van der Waals surface area (Å²) >= 11 is 1.22. The van der Waals surface area contributed by atoms with Crippen LogP contribution in [-0.2, 0) is 28.1 Å². The zero-order chi connectivity index (χ0) is 18.7. The lowest BCUT2D eigenvalue weighted by Crippen LogP contribution is -2.15. The van der Waals surface area contributed by atoms with Gasteiger partial charge in [-0.05, 0) is 30.5 Å². The monoisotopic (exact) mass is 398 g/mol. The second kappa shape index (κ2) is 7.75. The number of anilines is 1. The number of halogens is 1. The quantitative estimate of drug-likeness (QED) is 0.744. The third kappa shape index (κ3) is 4.82. The van der Waals surface area contributed by atoms with Crippen LogP contribution in [0.5, 0.6) is 0 Å². The number of carbonyl (C=O) groups is 1. The molecule has 1 aliphatic heterocycles. The van der Waals surface area contributed by atoms with Gasteiger partial charge in [0.15, 0.2) is 15.0 Å². The van der Waals surface area contributed by atoms with Gasteiger partial charge in [-0.2, -0.15) is 0 Å². The molecular weight excluding hydrogens is 379 g/mol. The fourth-order valence-corrected chi connectivity index (χ4v) is 5.42. The Labute approximate surface area is 155 Å². The van der Waals surface area contributed by atoms with Gasteiger partial charge < -0.3 is 9.88 Å². The van der Waals surface area contributed by atoms with E-state index < -0.39 is 15.7 Å². The minimum atomic E-state index is -2.92. The zero-order valence-corrected chi connectivity index (χ0v) is 15.8. The molecule has 26 heavy (non-hydrogen) atoms. The van der Waals surface area contributed by atoms with Gasteiger partial charge in [0.2, 0.25) is 5.91 Å². The first-order valence-electron chi connectivity index (χ1n) is 8.09. The van der Waals surface area contributed by atoms with Crippen molar-refractivity contribution in [2.24, 2.45) is 13.0 Å². The predicted octanol–water partition coefficient (Wildman–Crippen LogP) is 1.66. The van der Waals surface area contributed by atoms with Gasteiger partial charge in [-0.25, -0.2) is 12.8 Å². The summed E-state index contributed by atoms with van der Waals surface area (Å²) in [4.78, 5) is 12.0. The molecule has 1 aromatic carbocycles. The van der Waals surface area contributed by atoms with Crippen LogP contribution in [0.2, 0.25) is 0 Å². The largest absolute Gasteiger partial charge is 0.325 e. The first kappa shape index (κ1) is 18.8. The van der Waals surface area contributed by atoms with Crippen molar-refractivity contribution < 1.29 is 17.6 Å². The number of rotatable bonds is 6. The summed E-state index contributed by atoms with van der Waals surface area (Å²) in [7, 11) is -1.12. The normalized spacial score (nSPS) is 18.8. The fourth-order valence-electron chi connectivity index (χ4n) is 2.83. The number of aromatic nitrogens is 3. The van der Waals surface area contributed by atoms with Crippen molar-refractivity contribution in [1.29, 1.82) is 0 Å². The molecule has 0 aliphatic carbocycles. The zero-order valence-electron chi connectivity index (χ0n) is 14.2. The van der Waals surface area contributed by atoms with Crippen LogP contribution in [0.1, 0.15) is 12.2 Å². The summed E-state index contributed by atoms with van der Waals surface area (Å²) in [5, 5.41) is 11.4. The Morgan fingerprint density at radius 3 is 2.92 bits per heavy atom. The lowest BCUT2D eigenvalue weighted by molar-refractivity contribution is -0.113. The molecule has 1 aliphatic rings. The lowest BCUT2D eigenvalue weighted by Gasteiger charge is -2.08. The average molecular weight is 398 g/mol. The number of nitrogens with one attached hydrogen (secondary N) is 1. The van der Waals surface area contributed by atoms with E-state index in [-0.39, 0.29) is 29.1 Å². The minimum Gasteiger partial charge on any atom is -0.325 e. The van der Waals surface area contributed by atoms with E-state index in [4.69, 9.17) is 0 Å². The van der Waals surface area contributed by atoms with Crippen molar-refractivity contribution in [1.82, 2.24) is 14.8 Å². The van der Waals surface area contributed by atoms with Crippen LogP contribution >= 0.6 is 11.8 Å². The van der Waals surface area contributed by atoms with Crippen molar-refractivity contribution in [3.05, 3.63) is 35.9 Å². The van der Waals surface area contributed by atoms with Crippen molar-refractivity contribution >= 4 is 33.2 Å². The number of hydrogen-bond donors (Lipinski definition) is 1. The molecule has 7 nitrogen and oxygen atoms in total. The van der Waals surface area contributed by atoms with Crippen LogP contribution in [-0.4, -0.2) is 46.3 Å². The lowest BCUT2D eigenvalue weighted by atomic mass is 10.1. The molecule has 0 bridgehead atoms. The molecule has 1 saturated heterocycles. The first-order chi connectivity index (χ1) is 12.3. The summed E-state index contributed by atoms with van der Waals surface area (Å²) in [5.74, 6) is 0.627. The number of benzene rings is 1. The van der Waals surface area contributed by atoms with Gasteiger partial charge in [0.05, 0.1) is 17.3 Å². The molecule has 1 N–H and O–H groups in total. The molecule has 1 fully saturated rings. The number of hydrogen-bond acceptors (Lipinski definition) is 6. The predicted molar refractivity (Wildman–Crippen MR) is 97.2 cm³/mol. The van der Waals surface area contributed by atoms with E-state index in [9.17, 15) is 17.6 Å². The fraction of sp³-hybridized carbons (Fsp3) is 0.438. The van der Waals surface area contributed by atoms with Crippen LogP contribution in [0.15, 0.2) is 29.4 Å². The SMILES string of the molecule is Cn1c(C[C@@H]2CCS(=O)(=O)C2)nnc1SCC(=O)Nc1cccc(F)c1. The number of amides is 1. The van der Waals surface area contributed by atoms with Crippen LogP contribution in [0, 0.1) is 11.7 Å². The molecule has 140 valence electrons. The van der Waals surface area contributed by atoms with Crippen LogP contribution in [0.3, 0.4) is 0 Å². The van der Waals surface area contributed by atoms with Gasteiger partial charge in [-0.3, -0.25) is 4.79 Å². The highest BCUT2D eigenvalue weighted by molar-refractivity contribution is 7.99. The molecule has 1 atom stereocenters. The number of carbonyl (C=O) groups excluding carboxylic acids is 1. The molecule has 0 saturated carbocycles. The summed E-state index contributed by atoms with van der Waals surface area (Å²) in [6.45, 7) is 0. The number of thioether (sulfide) groups is 1. The minimum absolute atomic E-state index is 0.0667. The Kier molecular flexibility index (Phi) is 5.61. The maximum Gasteiger partial charge on any atom is 0.234 e. The maximum absolute atomic E-state index is 13.1. The standard InChI is InChI=1S/C16H19FN4O3S2/c1-21-14(7-11-5-6-26(23,24)10-11)19-20-16(21)25-9-15(22)18-13-4-2-3-12(17)8-13/h2-4,8,11H,5-7,9-10H2,1H3,(H,18,22)/t11-/m0/s1. The van der Waals surface area contributed by atoms with E-state index in [0.29, 0.717) is 29.5 Å². The van der Waals surface area contributed by atoms with Crippen LogP contribution < -0.4 is 5.32 Å². The van der Waals surface area contributed by atoms with E-state index >= 15 is 0 Å². The van der Waals surface area contributed by atoms with Gasteiger partial charge >= 0.3 is 0 Å². The molecule has 0 unspecified atom stereocenters. The molecule has 2 aromatic rings. The van der Waals surface area contributed by atoms with Gasteiger partial charge in [0.1, 0.15) is 11.6 Å². The van der Waals surface area contributed by atoms with E-state index in [1.54, 1.807) is 17.7 Å². The molecule has 1 aromatic heterocycles. The highest BCUT2D eigenvalue weighted by Crippen LogP contribution is 2.23.